The second-order valence-electron chi connectivity index (χ2n) is 7.32. The summed E-state index contributed by atoms with van der Waals surface area (Å²) in [6.45, 7) is 4.77. The number of azide groups is 1. The van der Waals surface area contributed by atoms with E-state index in [0.717, 1.165) is 17.8 Å². The molecule has 1 amide bonds. The zero-order valence-corrected chi connectivity index (χ0v) is 19.5. The fraction of sp³-hybridized carbons (Fsp3) is 0.591. The monoisotopic (exact) mass is 461 g/mol. The standard InChI is InChI=1S/C22H35N7O4/c1-24-28(2)18-20-17-19-5-3-4-6-21(19)29(20)10-7-22(30)25-8-11-31-13-15-33-16-14-32-12-9-26-27-23/h3-6,17,24H,7-16,18H2,1-2H3,(H,25,30). The first-order valence-electron chi connectivity index (χ1n) is 11.1. The number of hydrogen-bond donors (Lipinski definition) is 2. The van der Waals surface area contributed by atoms with Crippen molar-refractivity contribution < 1.29 is 19.0 Å². The van der Waals surface area contributed by atoms with Gasteiger partial charge in [0.15, 0.2) is 0 Å². The molecule has 11 nitrogen and oxygen atoms in total. The highest BCUT2D eigenvalue weighted by Crippen LogP contribution is 2.21. The van der Waals surface area contributed by atoms with Gasteiger partial charge < -0.3 is 24.1 Å². The SMILES string of the molecule is CNN(C)Cc1cc2ccccc2n1CCC(=O)NCCOCCOCCOCCN=[N+]=[N-]. The topological polar surface area (TPSA) is 126 Å². The molecule has 0 radical (unpaired) electrons. The fourth-order valence-corrected chi connectivity index (χ4v) is 3.24. The third-order valence-electron chi connectivity index (χ3n) is 4.95. The molecule has 1 heterocycles. The Labute approximate surface area is 194 Å². The highest BCUT2D eigenvalue weighted by molar-refractivity contribution is 5.82. The van der Waals surface area contributed by atoms with Crippen molar-refractivity contribution in [2.24, 2.45) is 5.11 Å². The number of ether oxygens (including phenoxy) is 3. The molecule has 0 aliphatic carbocycles. The molecule has 0 unspecified atom stereocenters. The van der Waals surface area contributed by atoms with Crippen LogP contribution in [0.25, 0.3) is 21.3 Å². The second-order valence-corrected chi connectivity index (χ2v) is 7.32. The smallest absolute Gasteiger partial charge is 0.221 e. The maximum absolute atomic E-state index is 12.3. The van der Waals surface area contributed by atoms with Crippen LogP contribution < -0.4 is 10.7 Å². The van der Waals surface area contributed by atoms with Gasteiger partial charge in [0, 0.05) is 49.2 Å². The third kappa shape index (κ3) is 10.2. The van der Waals surface area contributed by atoms with Gasteiger partial charge in [-0.1, -0.05) is 23.3 Å². The molecule has 11 heteroatoms. The van der Waals surface area contributed by atoms with Crippen LogP contribution in [0.3, 0.4) is 0 Å². The van der Waals surface area contributed by atoms with Crippen LogP contribution in [0.1, 0.15) is 12.1 Å². The van der Waals surface area contributed by atoms with E-state index in [1.807, 2.05) is 31.2 Å². The molecular formula is C22H35N7O4. The number of fused-ring (bicyclic) bond motifs is 1. The normalized spacial score (nSPS) is 11.1. The Bertz CT molecular complexity index is 883. The lowest BCUT2D eigenvalue weighted by Gasteiger charge is -2.17. The summed E-state index contributed by atoms with van der Waals surface area (Å²) in [4.78, 5) is 14.9. The van der Waals surface area contributed by atoms with Crippen LogP contribution in [-0.4, -0.2) is 82.3 Å². The Morgan fingerprint density at radius 3 is 2.55 bits per heavy atom. The molecule has 182 valence electrons. The predicted octanol–water partition coefficient (Wildman–Crippen LogP) is 2.07. The molecule has 0 atom stereocenters. The van der Waals surface area contributed by atoms with E-state index in [2.05, 4.69) is 43.5 Å². The summed E-state index contributed by atoms with van der Waals surface area (Å²) in [6.07, 6.45) is 0.401. The summed E-state index contributed by atoms with van der Waals surface area (Å²) in [6, 6.07) is 10.4. The number of hydrogen-bond acceptors (Lipinski definition) is 7. The first-order valence-corrected chi connectivity index (χ1v) is 11.1. The first kappa shape index (κ1) is 26.6. The van der Waals surface area contributed by atoms with Crippen LogP contribution in [-0.2, 0) is 32.1 Å². The van der Waals surface area contributed by atoms with E-state index in [1.165, 1.54) is 5.39 Å². The van der Waals surface area contributed by atoms with Crippen molar-refractivity contribution in [3.63, 3.8) is 0 Å². The highest BCUT2D eigenvalue weighted by atomic mass is 16.5. The summed E-state index contributed by atoms with van der Waals surface area (Å²) in [7, 11) is 3.88. The number of nitrogens with zero attached hydrogens (tertiary/aromatic N) is 5. The van der Waals surface area contributed by atoms with Crippen LogP contribution in [0.15, 0.2) is 35.4 Å². The Kier molecular flexibility index (Phi) is 12.9. The predicted molar refractivity (Wildman–Crippen MR) is 127 cm³/mol. The van der Waals surface area contributed by atoms with E-state index in [4.69, 9.17) is 19.7 Å². The Morgan fingerprint density at radius 2 is 1.82 bits per heavy atom. The van der Waals surface area contributed by atoms with Crippen LogP contribution in [0.4, 0.5) is 0 Å². The molecule has 0 fully saturated rings. The quantitative estimate of drug-likeness (QED) is 0.115. The number of nitrogens with one attached hydrogen (secondary N) is 2. The molecule has 2 rings (SSSR count). The summed E-state index contributed by atoms with van der Waals surface area (Å²) >= 11 is 0. The number of rotatable bonds is 18. The molecule has 0 spiro atoms. The zero-order chi connectivity index (χ0) is 23.7. The van der Waals surface area contributed by atoms with Gasteiger partial charge in [-0.3, -0.25) is 10.2 Å². The van der Waals surface area contributed by atoms with Gasteiger partial charge in [0.05, 0.1) is 46.2 Å². The number of benzene rings is 1. The minimum absolute atomic E-state index is 0.00145. The maximum atomic E-state index is 12.3. The number of aromatic nitrogens is 1. The Hall–Kier alpha value is -2.66. The molecule has 1 aromatic heterocycles. The van der Waals surface area contributed by atoms with E-state index < -0.39 is 0 Å². The number of carbonyl (C=O) groups is 1. The lowest BCUT2D eigenvalue weighted by atomic mass is 10.2. The van der Waals surface area contributed by atoms with Crippen molar-refractivity contribution in [3.8, 4) is 0 Å². The van der Waals surface area contributed by atoms with Gasteiger partial charge >= 0.3 is 0 Å². The summed E-state index contributed by atoms with van der Waals surface area (Å²) in [5.74, 6) is -0.00145. The van der Waals surface area contributed by atoms with Crippen molar-refractivity contribution in [1.29, 1.82) is 0 Å². The van der Waals surface area contributed by atoms with Gasteiger partial charge in [0.2, 0.25) is 5.91 Å². The third-order valence-corrected chi connectivity index (χ3v) is 4.95. The van der Waals surface area contributed by atoms with E-state index in [1.54, 1.807) is 0 Å². The molecule has 0 aliphatic rings. The number of para-hydroxylation sites is 1. The summed E-state index contributed by atoms with van der Waals surface area (Å²) in [5, 5.41) is 9.46. The Morgan fingerprint density at radius 1 is 1.12 bits per heavy atom. The molecule has 2 N–H and O–H groups in total. The summed E-state index contributed by atoms with van der Waals surface area (Å²) < 4.78 is 18.3. The fourth-order valence-electron chi connectivity index (χ4n) is 3.24. The van der Waals surface area contributed by atoms with Gasteiger partial charge in [0.1, 0.15) is 0 Å². The van der Waals surface area contributed by atoms with E-state index in [0.29, 0.717) is 65.7 Å². The van der Waals surface area contributed by atoms with E-state index >= 15 is 0 Å². The molecule has 0 bridgehead atoms. The van der Waals surface area contributed by atoms with Crippen molar-refractivity contribution in [3.05, 3.63) is 46.5 Å². The molecule has 2 aromatic rings. The Balaban J connectivity index is 1.59. The van der Waals surface area contributed by atoms with Crippen molar-refractivity contribution in [1.82, 2.24) is 20.3 Å². The van der Waals surface area contributed by atoms with E-state index in [-0.39, 0.29) is 5.91 Å². The van der Waals surface area contributed by atoms with Crippen molar-refractivity contribution >= 4 is 16.8 Å². The average Bonchev–Trinajstić information content (AvgIpc) is 3.17. The molecule has 1 aromatic carbocycles. The van der Waals surface area contributed by atoms with Crippen LogP contribution >= 0.6 is 0 Å². The molecule has 33 heavy (non-hydrogen) atoms. The van der Waals surface area contributed by atoms with Gasteiger partial charge in [0.25, 0.3) is 0 Å². The lowest BCUT2D eigenvalue weighted by Crippen LogP contribution is -2.31. The maximum Gasteiger partial charge on any atom is 0.221 e. The molecular weight excluding hydrogens is 426 g/mol. The number of hydrazine groups is 1. The minimum atomic E-state index is -0.00145. The molecule has 0 saturated heterocycles. The summed E-state index contributed by atoms with van der Waals surface area (Å²) in [5.41, 5.74) is 13.5. The second kappa shape index (κ2) is 16.0. The highest BCUT2D eigenvalue weighted by Gasteiger charge is 2.11. The van der Waals surface area contributed by atoms with Crippen LogP contribution in [0.2, 0.25) is 0 Å². The van der Waals surface area contributed by atoms with Gasteiger partial charge in [-0.15, -0.1) is 0 Å². The number of amides is 1. The lowest BCUT2D eigenvalue weighted by molar-refractivity contribution is -0.121. The average molecular weight is 462 g/mol. The molecule has 0 saturated carbocycles. The zero-order valence-electron chi connectivity index (χ0n) is 19.5. The van der Waals surface area contributed by atoms with Crippen molar-refractivity contribution in [2.75, 3.05) is 66.8 Å². The largest absolute Gasteiger partial charge is 0.379 e. The van der Waals surface area contributed by atoms with Gasteiger partial charge in [-0.25, -0.2) is 5.01 Å². The van der Waals surface area contributed by atoms with Gasteiger partial charge in [-0.05, 0) is 30.1 Å². The minimum Gasteiger partial charge on any atom is -0.379 e. The van der Waals surface area contributed by atoms with Crippen molar-refractivity contribution in [2.45, 2.75) is 19.5 Å². The first-order chi connectivity index (χ1) is 16.2. The van der Waals surface area contributed by atoms with E-state index in [9.17, 15) is 4.79 Å². The molecule has 0 aliphatic heterocycles. The van der Waals surface area contributed by atoms with Crippen LogP contribution in [0, 0.1) is 0 Å². The van der Waals surface area contributed by atoms with Crippen LogP contribution in [0.5, 0.6) is 0 Å². The number of aryl methyl sites for hydroxylation is 1. The van der Waals surface area contributed by atoms with Gasteiger partial charge in [-0.2, -0.15) is 0 Å². The number of carbonyl (C=O) groups excluding carboxylic acids is 1.